The lowest BCUT2D eigenvalue weighted by Crippen LogP contribution is -2.03. The number of esters is 1. The first-order valence-corrected chi connectivity index (χ1v) is 9.62. The number of carbonyl (C=O) groups is 1. The van der Waals surface area contributed by atoms with E-state index in [1.165, 1.54) is 35.1 Å². The average molecular weight is 343 g/mol. The fourth-order valence-electron chi connectivity index (χ4n) is 2.44. The van der Waals surface area contributed by atoms with Crippen LogP contribution >= 0.6 is 11.3 Å². The van der Waals surface area contributed by atoms with Crippen LogP contribution in [0.25, 0.3) is 10.4 Å². The molecule has 2 aromatic rings. The van der Waals surface area contributed by atoms with Crippen LogP contribution in [0.15, 0.2) is 48.6 Å². The molecule has 0 aliphatic carbocycles. The molecule has 3 heteroatoms. The zero-order chi connectivity index (χ0) is 17.2. The lowest BCUT2D eigenvalue weighted by atomic mass is 10.2. The summed E-state index contributed by atoms with van der Waals surface area (Å²) in [5.74, 6) is 0.285. The largest absolute Gasteiger partial charge is 0.423 e. The van der Waals surface area contributed by atoms with Crippen molar-refractivity contribution in [3.05, 3.63) is 53.4 Å². The highest BCUT2D eigenvalue weighted by Crippen LogP contribution is 2.30. The molecule has 0 fully saturated rings. The van der Waals surface area contributed by atoms with Gasteiger partial charge >= 0.3 is 5.97 Å². The summed E-state index contributed by atoms with van der Waals surface area (Å²) in [6.45, 7) is 4.36. The Morgan fingerprint density at radius 3 is 2.54 bits per heavy atom. The van der Waals surface area contributed by atoms with Crippen molar-refractivity contribution in [2.75, 3.05) is 0 Å². The molecule has 0 N–H and O–H groups in total. The molecule has 0 atom stereocenters. The summed E-state index contributed by atoms with van der Waals surface area (Å²) >= 11 is 1.83. The highest BCUT2D eigenvalue weighted by atomic mass is 32.1. The van der Waals surface area contributed by atoms with Crippen LogP contribution in [0, 0.1) is 0 Å². The summed E-state index contributed by atoms with van der Waals surface area (Å²) in [6, 6.07) is 12.1. The van der Waals surface area contributed by atoms with Crippen LogP contribution in [0.1, 0.15) is 50.8 Å². The zero-order valence-electron chi connectivity index (χ0n) is 14.6. The summed E-state index contributed by atoms with van der Waals surface area (Å²) in [6.07, 6.45) is 10.2. The second-order valence-electron chi connectivity index (χ2n) is 5.86. The van der Waals surface area contributed by atoms with Crippen molar-refractivity contribution in [3.63, 3.8) is 0 Å². The zero-order valence-corrected chi connectivity index (χ0v) is 15.4. The maximum absolute atomic E-state index is 11.8. The van der Waals surface area contributed by atoms with E-state index in [9.17, 15) is 4.79 Å². The Balaban J connectivity index is 1.88. The number of hydrogen-bond acceptors (Lipinski definition) is 3. The third-order valence-electron chi connectivity index (χ3n) is 3.74. The van der Waals surface area contributed by atoms with E-state index in [0.29, 0.717) is 5.75 Å². The van der Waals surface area contributed by atoms with Crippen molar-refractivity contribution < 1.29 is 9.53 Å². The minimum atomic E-state index is -0.305. The third-order valence-corrected chi connectivity index (χ3v) is 4.94. The van der Waals surface area contributed by atoms with Gasteiger partial charge in [0.15, 0.2) is 0 Å². The molecule has 1 aromatic heterocycles. The Morgan fingerprint density at radius 2 is 1.83 bits per heavy atom. The maximum atomic E-state index is 11.8. The molecule has 0 bridgehead atoms. The van der Waals surface area contributed by atoms with Crippen molar-refractivity contribution in [1.82, 2.24) is 0 Å². The molecule has 2 rings (SSSR count). The molecule has 1 heterocycles. The van der Waals surface area contributed by atoms with Crippen LogP contribution in [0.2, 0.25) is 0 Å². The van der Waals surface area contributed by atoms with Crippen LogP contribution in [-0.2, 0) is 11.2 Å². The predicted octanol–water partition coefficient (Wildman–Crippen LogP) is 6.41. The molecule has 0 radical (unpaired) electrons. The van der Waals surface area contributed by atoms with E-state index in [4.69, 9.17) is 4.74 Å². The van der Waals surface area contributed by atoms with E-state index < -0.39 is 0 Å². The van der Waals surface area contributed by atoms with E-state index in [2.05, 4.69) is 26.0 Å². The van der Waals surface area contributed by atoms with Gasteiger partial charge < -0.3 is 4.74 Å². The molecular formula is C21H26O2S. The van der Waals surface area contributed by atoms with Crippen molar-refractivity contribution in [3.8, 4) is 16.2 Å². The molecule has 0 aliphatic rings. The quantitative estimate of drug-likeness (QED) is 0.228. The van der Waals surface area contributed by atoms with Gasteiger partial charge in [-0.25, -0.2) is 4.79 Å². The number of unbranched alkanes of at least 4 members (excludes halogenated alkanes) is 3. The Hall–Kier alpha value is -1.87. The van der Waals surface area contributed by atoms with Gasteiger partial charge in [-0.3, -0.25) is 0 Å². The fraction of sp³-hybridized carbons (Fsp3) is 0.381. The maximum Gasteiger partial charge on any atom is 0.335 e. The molecule has 2 nitrogen and oxygen atoms in total. The van der Waals surface area contributed by atoms with Crippen molar-refractivity contribution in [2.45, 2.75) is 52.4 Å². The molecule has 0 spiro atoms. The number of rotatable bonds is 9. The second kappa shape index (κ2) is 10.1. The summed E-state index contributed by atoms with van der Waals surface area (Å²) in [4.78, 5) is 14.4. The lowest BCUT2D eigenvalue weighted by molar-refractivity contribution is -0.129. The van der Waals surface area contributed by atoms with Crippen LogP contribution in [0.4, 0.5) is 0 Å². The van der Waals surface area contributed by atoms with E-state index in [0.717, 1.165) is 24.8 Å². The van der Waals surface area contributed by atoms with Gasteiger partial charge in [-0.1, -0.05) is 39.2 Å². The molecule has 0 saturated carbocycles. The van der Waals surface area contributed by atoms with Gasteiger partial charge in [-0.05, 0) is 61.2 Å². The SMILES string of the molecule is CCCCC/C=C/C(=O)Oc1ccc(-c2ccc(CCC)s2)cc1. The van der Waals surface area contributed by atoms with Crippen LogP contribution < -0.4 is 4.74 Å². The van der Waals surface area contributed by atoms with Gasteiger partial charge in [-0.15, -0.1) is 11.3 Å². The monoisotopic (exact) mass is 342 g/mol. The Labute approximate surface area is 149 Å². The van der Waals surface area contributed by atoms with E-state index in [1.807, 2.05) is 41.7 Å². The molecule has 0 aliphatic heterocycles. The predicted molar refractivity (Wildman–Crippen MR) is 103 cm³/mol. The summed E-state index contributed by atoms with van der Waals surface area (Å²) in [5.41, 5.74) is 1.16. The number of thiophene rings is 1. The smallest absolute Gasteiger partial charge is 0.335 e. The van der Waals surface area contributed by atoms with E-state index in [1.54, 1.807) is 0 Å². The van der Waals surface area contributed by atoms with E-state index in [-0.39, 0.29) is 5.97 Å². The van der Waals surface area contributed by atoms with Crippen molar-refractivity contribution in [1.29, 1.82) is 0 Å². The number of carbonyl (C=O) groups excluding carboxylic acids is 1. The highest BCUT2D eigenvalue weighted by Gasteiger charge is 2.04. The van der Waals surface area contributed by atoms with Crippen LogP contribution in [-0.4, -0.2) is 5.97 Å². The van der Waals surface area contributed by atoms with E-state index >= 15 is 0 Å². The highest BCUT2D eigenvalue weighted by molar-refractivity contribution is 7.15. The molecule has 0 amide bonds. The van der Waals surface area contributed by atoms with Crippen LogP contribution in [0.3, 0.4) is 0 Å². The number of hydrogen-bond donors (Lipinski definition) is 0. The molecule has 24 heavy (non-hydrogen) atoms. The molecule has 0 saturated heterocycles. The standard InChI is InChI=1S/C21H26O2S/c1-3-5-6-7-8-10-21(22)23-18-13-11-17(12-14-18)20-16-15-19(24-20)9-4-2/h8,10-16H,3-7,9H2,1-2H3/b10-8+. The third kappa shape index (κ3) is 5.97. The van der Waals surface area contributed by atoms with Gasteiger partial charge in [0, 0.05) is 15.8 Å². The molecule has 1 aromatic carbocycles. The Morgan fingerprint density at radius 1 is 1.04 bits per heavy atom. The Bertz CT molecular complexity index is 653. The number of allylic oxidation sites excluding steroid dienone is 1. The van der Waals surface area contributed by atoms with Crippen molar-refractivity contribution in [2.24, 2.45) is 0 Å². The summed E-state index contributed by atoms with van der Waals surface area (Å²) in [7, 11) is 0. The molecule has 128 valence electrons. The molecule has 0 unspecified atom stereocenters. The van der Waals surface area contributed by atoms with Crippen molar-refractivity contribution >= 4 is 17.3 Å². The first kappa shape index (κ1) is 18.5. The second-order valence-corrected chi connectivity index (χ2v) is 7.03. The van der Waals surface area contributed by atoms with Gasteiger partial charge in [-0.2, -0.15) is 0 Å². The van der Waals surface area contributed by atoms with Gasteiger partial charge in [0.1, 0.15) is 5.75 Å². The Kier molecular flexibility index (Phi) is 7.76. The van der Waals surface area contributed by atoms with Gasteiger partial charge in [0.2, 0.25) is 0 Å². The summed E-state index contributed by atoms with van der Waals surface area (Å²) < 4.78 is 5.33. The minimum Gasteiger partial charge on any atom is -0.423 e. The first-order valence-electron chi connectivity index (χ1n) is 8.80. The van der Waals surface area contributed by atoms with Crippen LogP contribution in [0.5, 0.6) is 5.75 Å². The average Bonchev–Trinajstić information content (AvgIpc) is 3.04. The van der Waals surface area contributed by atoms with Gasteiger partial charge in [0.05, 0.1) is 0 Å². The minimum absolute atomic E-state index is 0.305. The fourth-order valence-corrected chi connectivity index (χ4v) is 3.56. The normalized spacial score (nSPS) is 11.1. The first-order chi connectivity index (χ1) is 11.7. The number of aryl methyl sites for hydroxylation is 1. The summed E-state index contributed by atoms with van der Waals surface area (Å²) in [5, 5.41) is 0. The lowest BCUT2D eigenvalue weighted by Gasteiger charge is -2.03. The molecular weight excluding hydrogens is 316 g/mol. The van der Waals surface area contributed by atoms with Gasteiger partial charge in [0.25, 0.3) is 0 Å². The number of benzene rings is 1. The number of ether oxygens (including phenoxy) is 1. The topological polar surface area (TPSA) is 26.3 Å².